The number of aromatic nitrogens is 2. The van der Waals surface area contributed by atoms with Crippen molar-refractivity contribution in [3.8, 4) is 0 Å². The third-order valence-corrected chi connectivity index (χ3v) is 7.41. The van der Waals surface area contributed by atoms with Gasteiger partial charge in [-0.05, 0) is 25.5 Å². The van der Waals surface area contributed by atoms with Gasteiger partial charge in [-0.1, -0.05) is 6.07 Å². The lowest BCUT2D eigenvalue weighted by atomic mass is 10.2. The van der Waals surface area contributed by atoms with Crippen molar-refractivity contribution < 1.29 is 17.9 Å². The van der Waals surface area contributed by atoms with Crippen LogP contribution in [0.5, 0.6) is 0 Å². The van der Waals surface area contributed by atoms with Crippen molar-refractivity contribution in [2.24, 2.45) is 0 Å². The summed E-state index contributed by atoms with van der Waals surface area (Å²) < 4.78 is 35.6. The largest absolute Gasteiger partial charge is 0.379 e. The molecule has 2 aromatic heterocycles. The summed E-state index contributed by atoms with van der Waals surface area (Å²) >= 11 is 0. The summed E-state index contributed by atoms with van der Waals surface area (Å²) in [7, 11) is -3.51. The van der Waals surface area contributed by atoms with Crippen LogP contribution in [-0.4, -0.2) is 89.7 Å². The Labute approximate surface area is 164 Å². The molecule has 0 atom stereocenters. The van der Waals surface area contributed by atoms with Crippen LogP contribution >= 0.6 is 0 Å². The van der Waals surface area contributed by atoms with Crippen LogP contribution in [-0.2, 0) is 14.9 Å². The zero-order chi connectivity index (χ0) is 19.9. The zero-order valence-electron chi connectivity index (χ0n) is 16.2. The van der Waals surface area contributed by atoms with Gasteiger partial charge >= 0.3 is 0 Å². The summed E-state index contributed by atoms with van der Waals surface area (Å²) in [6.45, 7) is 6.70. The second kappa shape index (κ2) is 7.43. The Hall–Kier alpha value is -2.01. The molecule has 2 aliphatic heterocycles. The number of rotatable bonds is 3. The third kappa shape index (κ3) is 3.30. The summed E-state index contributed by atoms with van der Waals surface area (Å²) in [4.78, 5) is 19.4. The maximum absolute atomic E-state index is 13.1. The summed E-state index contributed by atoms with van der Waals surface area (Å²) in [5.74, 6) is -0.112. The lowest BCUT2D eigenvalue weighted by Crippen LogP contribution is -2.55. The molecule has 10 heteroatoms. The predicted octanol–water partition coefficient (Wildman–Crippen LogP) is 0.286. The van der Waals surface area contributed by atoms with E-state index in [1.807, 2.05) is 36.6 Å². The van der Waals surface area contributed by atoms with Crippen molar-refractivity contribution in [1.29, 1.82) is 0 Å². The lowest BCUT2D eigenvalue weighted by molar-refractivity contribution is 0.0632. The van der Waals surface area contributed by atoms with Gasteiger partial charge in [0.1, 0.15) is 11.3 Å². The van der Waals surface area contributed by atoms with Crippen LogP contribution in [0.15, 0.2) is 18.3 Å². The highest BCUT2D eigenvalue weighted by Gasteiger charge is 2.35. The number of amides is 1. The van der Waals surface area contributed by atoms with Crippen LogP contribution in [0.1, 0.15) is 21.7 Å². The minimum absolute atomic E-state index is 0.112. The number of carbonyl (C=O) groups is 1. The molecule has 2 saturated heterocycles. The summed E-state index contributed by atoms with van der Waals surface area (Å²) in [6.07, 6.45) is 1.84. The van der Waals surface area contributed by atoms with E-state index in [-0.39, 0.29) is 5.91 Å². The molecule has 28 heavy (non-hydrogen) atoms. The number of piperazine rings is 1. The first kappa shape index (κ1) is 19.3. The van der Waals surface area contributed by atoms with E-state index in [1.54, 1.807) is 4.90 Å². The van der Waals surface area contributed by atoms with Crippen molar-refractivity contribution in [3.05, 3.63) is 35.3 Å². The highest BCUT2D eigenvalue weighted by atomic mass is 32.2. The Morgan fingerprint density at radius 1 is 1.04 bits per heavy atom. The van der Waals surface area contributed by atoms with E-state index in [0.717, 1.165) is 11.2 Å². The average Bonchev–Trinajstić information content (AvgIpc) is 3.05. The molecule has 0 N–H and O–H groups in total. The number of ether oxygens (including phenoxy) is 1. The van der Waals surface area contributed by atoms with E-state index < -0.39 is 10.2 Å². The molecule has 9 nitrogen and oxygen atoms in total. The molecule has 2 aliphatic rings. The topological polar surface area (TPSA) is 87.5 Å². The van der Waals surface area contributed by atoms with Gasteiger partial charge in [0, 0.05) is 45.5 Å². The van der Waals surface area contributed by atoms with Gasteiger partial charge in [-0.15, -0.1) is 0 Å². The number of hydrogen-bond donors (Lipinski definition) is 0. The van der Waals surface area contributed by atoms with Gasteiger partial charge in [-0.25, -0.2) is 4.98 Å². The SMILES string of the molecule is Cc1nc2c(C)cccn2c1C(=O)N1CCN(S(=O)(=O)N2CCOCC2)CC1. The first-order chi connectivity index (χ1) is 13.4. The Morgan fingerprint density at radius 3 is 2.36 bits per heavy atom. The molecule has 4 rings (SSSR count). The van der Waals surface area contributed by atoms with Crippen molar-refractivity contribution >= 4 is 21.8 Å². The van der Waals surface area contributed by atoms with Crippen molar-refractivity contribution in [2.75, 3.05) is 52.5 Å². The average molecular weight is 407 g/mol. The fourth-order valence-corrected chi connectivity index (χ4v) is 5.35. The second-order valence-electron chi connectivity index (χ2n) is 7.14. The van der Waals surface area contributed by atoms with E-state index >= 15 is 0 Å². The van der Waals surface area contributed by atoms with Crippen LogP contribution in [0.4, 0.5) is 0 Å². The smallest absolute Gasteiger partial charge is 0.282 e. The molecular formula is C18H25N5O4S. The third-order valence-electron chi connectivity index (χ3n) is 5.37. The van der Waals surface area contributed by atoms with Crippen LogP contribution in [0, 0.1) is 13.8 Å². The Morgan fingerprint density at radius 2 is 1.68 bits per heavy atom. The van der Waals surface area contributed by atoms with E-state index in [4.69, 9.17) is 4.74 Å². The number of imidazole rings is 1. The standard InChI is InChI=1S/C18H25N5O4S/c1-14-4-3-5-23-16(15(2)19-17(14)23)18(24)20-6-8-21(9-7-20)28(25,26)22-10-12-27-13-11-22/h3-5H,6-13H2,1-2H3. The minimum atomic E-state index is -3.51. The Balaban J connectivity index is 1.49. The zero-order valence-corrected chi connectivity index (χ0v) is 17.0. The molecule has 0 spiro atoms. The van der Waals surface area contributed by atoms with Gasteiger partial charge in [0.05, 0.1) is 18.9 Å². The maximum atomic E-state index is 13.1. The molecule has 4 heterocycles. The van der Waals surface area contributed by atoms with Gasteiger partial charge in [0.2, 0.25) is 0 Å². The first-order valence-electron chi connectivity index (χ1n) is 9.46. The molecule has 0 unspecified atom stereocenters. The maximum Gasteiger partial charge on any atom is 0.282 e. The van der Waals surface area contributed by atoms with Crippen LogP contribution in [0.25, 0.3) is 5.65 Å². The molecule has 2 fully saturated rings. The number of carbonyl (C=O) groups excluding carboxylic acids is 1. The Kier molecular flexibility index (Phi) is 5.13. The number of aryl methyl sites for hydroxylation is 2. The lowest BCUT2D eigenvalue weighted by Gasteiger charge is -2.37. The normalized spacial score (nSPS) is 20.0. The number of pyridine rings is 1. The van der Waals surface area contributed by atoms with Gasteiger partial charge in [-0.2, -0.15) is 17.0 Å². The molecule has 0 aromatic carbocycles. The van der Waals surface area contributed by atoms with Crippen molar-refractivity contribution in [1.82, 2.24) is 22.9 Å². The minimum Gasteiger partial charge on any atom is -0.379 e. The van der Waals surface area contributed by atoms with E-state index in [0.29, 0.717) is 63.9 Å². The molecule has 0 bridgehead atoms. The van der Waals surface area contributed by atoms with Crippen LogP contribution in [0.2, 0.25) is 0 Å². The van der Waals surface area contributed by atoms with Crippen LogP contribution in [0.3, 0.4) is 0 Å². The molecule has 0 radical (unpaired) electrons. The molecule has 2 aromatic rings. The molecule has 152 valence electrons. The molecule has 0 aliphatic carbocycles. The number of hydrogen-bond acceptors (Lipinski definition) is 5. The summed E-state index contributed by atoms with van der Waals surface area (Å²) in [5, 5.41) is 0. The number of fused-ring (bicyclic) bond motifs is 1. The van der Waals surface area contributed by atoms with Crippen LogP contribution < -0.4 is 0 Å². The predicted molar refractivity (Wildman–Crippen MR) is 103 cm³/mol. The van der Waals surface area contributed by atoms with Crippen molar-refractivity contribution in [2.45, 2.75) is 13.8 Å². The molecular weight excluding hydrogens is 382 g/mol. The Bertz CT molecular complexity index is 989. The van der Waals surface area contributed by atoms with Gasteiger partial charge in [-0.3, -0.25) is 9.20 Å². The summed E-state index contributed by atoms with van der Waals surface area (Å²) in [6, 6.07) is 3.86. The van der Waals surface area contributed by atoms with Crippen molar-refractivity contribution in [3.63, 3.8) is 0 Å². The van der Waals surface area contributed by atoms with E-state index in [2.05, 4.69) is 4.98 Å². The van der Waals surface area contributed by atoms with Gasteiger partial charge < -0.3 is 9.64 Å². The van der Waals surface area contributed by atoms with Gasteiger partial charge in [0.25, 0.3) is 16.1 Å². The highest BCUT2D eigenvalue weighted by Crippen LogP contribution is 2.19. The first-order valence-corrected chi connectivity index (χ1v) is 10.9. The van der Waals surface area contributed by atoms with E-state index in [1.165, 1.54) is 8.61 Å². The fraction of sp³-hybridized carbons (Fsp3) is 0.556. The second-order valence-corrected chi connectivity index (χ2v) is 9.07. The number of morpholine rings is 1. The highest BCUT2D eigenvalue weighted by molar-refractivity contribution is 7.86. The monoisotopic (exact) mass is 407 g/mol. The number of nitrogens with zero attached hydrogens (tertiary/aromatic N) is 5. The molecule has 0 saturated carbocycles. The van der Waals surface area contributed by atoms with E-state index in [9.17, 15) is 13.2 Å². The summed E-state index contributed by atoms with van der Waals surface area (Å²) in [5.41, 5.74) is 3.01. The quantitative estimate of drug-likeness (QED) is 0.730. The fourth-order valence-electron chi connectivity index (χ4n) is 3.79. The van der Waals surface area contributed by atoms with Gasteiger partial charge in [0.15, 0.2) is 0 Å². The molecule has 1 amide bonds.